The van der Waals surface area contributed by atoms with Crippen LogP contribution in [0.4, 0.5) is 0 Å². The lowest BCUT2D eigenvalue weighted by atomic mass is 9.98. The van der Waals surface area contributed by atoms with E-state index in [1.54, 1.807) is 6.07 Å². The van der Waals surface area contributed by atoms with Gasteiger partial charge in [0.05, 0.1) is 6.07 Å². The van der Waals surface area contributed by atoms with E-state index in [0.717, 1.165) is 0 Å². The van der Waals surface area contributed by atoms with Gasteiger partial charge in [-0.1, -0.05) is 20.8 Å². The summed E-state index contributed by atoms with van der Waals surface area (Å²) in [7, 11) is -3.38. The van der Waals surface area contributed by atoms with Crippen molar-refractivity contribution >= 4 is 10.0 Å². The molecule has 0 saturated carbocycles. The molecule has 5 heteroatoms. The van der Waals surface area contributed by atoms with Crippen LogP contribution in [0.2, 0.25) is 0 Å². The van der Waals surface area contributed by atoms with Gasteiger partial charge in [0.15, 0.2) is 5.75 Å². The fraction of sp³-hybridized carbons (Fsp3) is 0.857. The predicted molar refractivity (Wildman–Crippen MR) is 46.9 cm³/mol. The van der Waals surface area contributed by atoms with Crippen molar-refractivity contribution in [1.82, 2.24) is 4.72 Å². The summed E-state index contributed by atoms with van der Waals surface area (Å²) in [5.74, 6) is -0.469. The molecule has 0 aliphatic heterocycles. The van der Waals surface area contributed by atoms with Gasteiger partial charge in [0.2, 0.25) is 10.0 Å². The molecule has 0 fully saturated rings. The van der Waals surface area contributed by atoms with Crippen molar-refractivity contribution in [3.05, 3.63) is 0 Å². The third-order valence-electron chi connectivity index (χ3n) is 1.08. The summed E-state index contributed by atoms with van der Waals surface area (Å²) >= 11 is 0. The molecule has 4 nitrogen and oxygen atoms in total. The minimum absolute atomic E-state index is 0.0947. The third-order valence-corrected chi connectivity index (χ3v) is 2.17. The lowest BCUT2D eigenvalue weighted by Gasteiger charge is -2.17. The predicted octanol–water partition coefficient (Wildman–Crippen LogP) is 0.475. The largest absolute Gasteiger partial charge is 0.225 e. The summed E-state index contributed by atoms with van der Waals surface area (Å²) in [4.78, 5) is 0. The first kappa shape index (κ1) is 11.4. The Morgan fingerprint density at radius 2 is 1.92 bits per heavy atom. The van der Waals surface area contributed by atoms with Crippen molar-refractivity contribution in [3.63, 3.8) is 0 Å². The molecule has 0 unspecified atom stereocenters. The fourth-order valence-electron chi connectivity index (χ4n) is 0.462. The van der Waals surface area contributed by atoms with Gasteiger partial charge in [-0.25, -0.2) is 13.1 Å². The Kier molecular flexibility index (Phi) is 3.68. The lowest BCUT2D eigenvalue weighted by molar-refractivity contribution is 0.408. The Balaban J connectivity index is 4.05. The van der Waals surface area contributed by atoms with Crippen molar-refractivity contribution in [2.45, 2.75) is 20.8 Å². The van der Waals surface area contributed by atoms with E-state index in [9.17, 15) is 8.42 Å². The van der Waals surface area contributed by atoms with Gasteiger partial charge in [-0.3, -0.25) is 0 Å². The molecule has 0 aromatic carbocycles. The number of sulfonamides is 1. The van der Waals surface area contributed by atoms with E-state index < -0.39 is 15.8 Å². The highest BCUT2D eigenvalue weighted by atomic mass is 32.2. The summed E-state index contributed by atoms with van der Waals surface area (Å²) in [6.45, 7) is 6.11. The highest BCUT2D eigenvalue weighted by molar-refractivity contribution is 7.89. The van der Waals surface area contributed by atoms with Crippen LogP contribution in [0.3, 0.4) is 0 Å². The number of hydrogen-bond acceptors (Lipinski definition) is 3. The molecule has 0 bridgehead atoms. The van der Waals surface area contributed by atoms with Gasteiger partial charge >= 0.3 is 0 Å². The molecule has 1 N–H and O–H groups in total. The Morgan fingerprint density at radius 3 is 2.25 bits per heavy atom. The van der Waals surface area contributed by atoms with E-state index in [-0.39, 0.29) is 5.41 Å². The van der Waals surface area contributed by atoms with Crippen LogP contribution >= 0.6 is 0 Å². The van der Waals surface area contributed by atoms with Crippen LogP contribution in [0.25, 0.3) is 0 Å². The number of nitriles is 1. The molecule has 0 rings (SSSR count). The molecular formula is C7H14N2O2S. The number of rotatable bonds is 3. The van der Waals surface area contributed by atoms with Crippen LogP contribution < -0.4 is 4.72 Å². The maximum absolute atomic E-state index is 10.9. The van der Waals surface area contributed by atoms with Crippen LogP contribution in [0.1, 0.15) is 20.8 Å². The first-order valence-electron chi connectivity index (χ1n) is 3.61. The molecule has 0 saturated heterocycles. The average Bonchev–Trinajstić information content (AvgIpc) is 1.83. The highest BCUT2D eigenvalue weighted by Gasteiger charge is 2.15. The molecule has 0 amide bonds. The zero-order valence-electron chi connectivity index (χ0n) is 7.59. The summed E-state index contributed by atoms with van der Waals surface area (Å²) in [6.07, 6.45) is 0. The van der Waals surface area contributed by atoms with E-state index in [1.165, 1.54) is 0 Å². The molecule has 0 aliphatic carbocycles. The van der Waals surface area contributed by atoms with E-state index in [0.29, 0.717) is 6.54 Å². The summed E-state index contributed by atoms with van der Waals surface area (Å²) in [5.41, 5.74) is -0.0947. The van der Waals surface area contributed by atoms with Crippen LogP contribution in [0.15, 0.2) is 0 Å². The van der Waals surface area contributed by atoms with Crippen LogP contribution in [-0.2, 0) is 10.0 Å². The van der Waals surface area contributed by atoms with Crippen molar-refractivity contribution in [3.8, 4) is 6.07 Å². The number of nitrogens with one attached hydrogen (secondary N) is 1. The Hall–Kier alpha value is -0.600. The number of hydrogen-bond donors (Lipinski definition) is 1. The van der Waals surface area contributed by atoms with Gasteiger partial charge in [-0.05, 0) is 5.41 Å². The Labute approximate surface area is 73.6 Å². The molecular weight excluding hydrogens is 176 g/mol. The standard InChI is InChI=1S/C7H14N2O2S/c1-7(2,3)6-9-12(10,11)5-4-8/h9H,5-6H2,1-3H3. The summed E-state index contributed by atoms with van der Waals surface area (Å²) < 4.78 is 24.2. The molecule has 0 spiro atoms. The summed E-state index contributed by atoms with van der Waals surface area (Å²) in [6, 6.07) is 1.59. The highest BCUT2D eigenvalue weighted by Crippen LogP contribution is 2.10. The first-order chi connectivity index (χ1) is 5.27. The van der Waals surface area contributed by atoms with Gasteiger partial charge in [0, 0.05) is 6.54 Å². The second-order valence-electron chi connectivity index (χ2n) is 3.80. The fourth-order valence-corrected chi connectivity index (χ4v) is 1.39. The van der Waals surface area contributed by atoms with Crippen molar-refractivity contribution in [1.29, 1.82) is 5.26 Å². The van der Waals surface area contributed by atoms with Crippen LogP contribution in [0, 0.1) is 16.7 Å². The molecule has 0 radical (unpaired) electrons. The van der Waals surface area contributed by atoms with Gasteiger partial charge in [0.25, 0.3) is 0 Å². The molecule has 0 atom stereocenters. The van der Waals surface area contributed by atoms with Crippen molar-refractivity contribution in [2.75, 3.05) is 12.3 Å². The topological polar surface area (TPSA) is 70.0 Å². The monoisotopic (exact) mass is 190 g/mol. The quantitative estimate of drug-likeness (QED) is 0.703. The number of nitrogens with zero attached hydrogens (tertiary/aromatic N) is 1. The molecule has 0 aromatic heterocycles. The van der Waals surface area contributed by atoms with Crippen molar-refractivity contribution in [2.24, 2.45) is 5.41 Å². The second kappa shape index (κ2) is 3.87. The maximum atomic E-state index is 10.9. The zero-order valence-corrected chi connectivity index (χ0v) is 8.40. The van der Waals surface area contributed by atoms with Gasteiger partial charge in [0.1, 0.15) is 0 Å². The molecule has 70 valence electrons. The SMILES string of the molecule is CC(C)(C)CNS(=O)(=O)CC#N. The molecule has 12 heavy (non-hydrogen) atoms. The molecule has 0 aliphatic rings. The van der Waals surface area contributed by atoms with E-state index in [2.05, 4.69) is 4.72 Å². The first-order valence-corrected chi connectivity index (χ1v) is 5.26. The van der Waals surface area contributed by atoms with Gasteiger partial charge < -0.3 is 0 Å². The van der Waals surface area contributed by atoms with Crippen LogP contribution in [-0.4, -0.2) is 20.7 Å². The molecule has 0 heterocycles. The average molecular weight is 190 g/mol. The van der Waals surface area contributed by atoms with Gasteiger partial charge in [-0.2, -0.15) is 5.26 Å². The Bertz CT molecular complexity index is 269. The Morgan fingerprint density at radius 1 is 1.42 bits per heavy atom. The van der Waals surface area contributed by atoms with Gasteiger partial charge in [-0.15, -0.1) is 0 Å². The van der Waals surface area contributed by atoms with E-state index >= 15 is 0 Å². The van der Waals surface area contributed by atoms with Crippen LogP contribution in [0.5, 0.6) is 0 Å². The van der Waals surface area contributed by atoms with E-state index in [1.807, 2.05) is 20.8 Å². The zero-order chi connectivity index (χ0) is 9.83. The third kappa shape index (κ3) is 6.13. The van der Waals surface area contributed by atoms with E-state index in [4.69, 9.17) is 5.26 Å². The van der Waals surface area contributed by atoms with Crippen molar-refractivity contribution < 1.29 is 8.42 Å². The lowest BCUT2D eigenvalue weighted by Crippen LogP contribution is -2.33. The molecule has 0 aromatic rings. The smallest absolute Gasteiger partial charge is 0.214 e. The minimum Gasteiger partial charge on any atom is -0.214 e. The minimum atomic E-state index is -3.38. The normalized spacial score (nSPS) is 12.5. The second-order valence-corrected chi connectivity index (χ2v) is 5.61. The maximum Gasteiger partial charge on any atom is 0.225 e. The summed E-state index contributed by atoms with van der Waals surface area (Å²) in [5, 5.41) is 8.16.